The highest BCUT2D eigenvalue weighted by atomic mass is 32.2. The van der Waals surface area contributed by atoms with Crippen LogP contribution >= 0.6 is 11.8 Å². The van der Waals surface area contributed by atoms with Crippen molar-refractivity contribution in [1.82, 2.24) is 4.98 Å². The Morgan fingerprint density at radius 2 is 2.11 bits per heavy atom. The second-order valence-corrected chi connectivity index (χ2v) is 4.95. The van der Waals surface area contributed by atoms with Gasteiger partial charge in [-0.2, -0.15) is 0 Å². The van der Waals surface area contributed by atoms with Gasteiger partial charge in [-0.3, -0.25) is 4.79 Å². The molecule has 7 heteroatoms. The van der Waals surface area contributed by atoms with Crippen LogP contribution in [0.15, 0.2) is 26.7 Å². The number of nitrogen functional groups attached to an aromatic ring is 1. The van der Waals surface area contributed by atoms with Gasteiger partial charge in [0.05, 0.1) is 16.2 Å². The molecular formula is C12H12FN3O2S. The summed E-state index contributed by atoms with van der Waals surface area (Å²) in [6.07, 6.45) is 0. The molecule has 0 aliphatic rings. The summed E-state index contributed by atoms with van der Waals surface area (Å²) in [5.41, 5.74) is 11.5. The van der Waals surface area contributed by atoms with Crippen LogP contribution in [-0.4, -0.2) is 10.9 Å². The SMILES string of the molecule is Cc1nc(Sc2cc(C(N)=O)c(N)cc2F)oc1C. The third kappa shape index (κ3) is 2.70. The molecule has 2 aromatic rings. The van der Waals surface area contributed by atoms with Gasteiger partial charge in [0.15, 0.2) is 0 Å². The standard InChI is InChI=1S/C12H12FN3O2S/c1-5-6(2)18-12(16-5)19-10-3-7(11(15)17)9(14)4-8(10)13/h3-4H,14H2,1-2H3,(H2,15,17). The van der Waals surface area contributed by atoms with Crippen molar-refractivity contribution in [2.75, 3.05) is 5.73 Å². The van der Waals surface area contributed by atoms with Crippen molar-refractivity contribution in [2.45, 2.75) is 24.0 Å². The number of anilines is 1. The molecule has 1 aromatic heterocycles. The van der Waals surface area contributed by atoms with Gasteiger partial charge >= 0.3 is 0 Å². The first-order valence-corrected chi connectivity index (χ1v) is 6.21. The highest BCUT2D eigenvalue weighted by molar-refractivity contribution is 7.99. The molecule has 100 valence electrons. The summed E-state index contributed by atoms with van der Waals surface area (Å²) in [7, 11) is 0. The predicted octanol–water partition coefficient (Wildman–Crippen LogP) is 2.26. The number of hydrogen-bond acceptors (Lipinski definition) is 5. The lowest BCUT2D eigenvalue weighted by Crippen LogP contribution is -2.14. The zero-order valence-corrected chi connectivity index (χ0v) is 11.2. The van der Waals surface area contributed by atoms with Crippen LogP contribution in [0.5, 0.6) is 0 Å². The van der Waals surface area contributed by atoms with Crippen LogP contribution in [0.2, 0.25) is 0 Å². The Kier molecular flexibility index (Phi) is 3.48. The number of carbonyl (C=O) groups excluding carboxylic acids is 1. The van der Waals surface area contributed by atoms with Gasteiger partial charge in [0.1, 0.15) is 11.6 Å². The van der Waals surface area contributed by atoms with Crippen LogP contribution in [-0.2, 0) is 0 Å². The highest BCUT2D eigenvalue weighted by Crippen LogP contribution is 2.32. The van der Waals surface area contributed by atoms with Gasteiger partial charge in [-0.1, -0.05) is 0 Å². The molecular weight excluding hydrogens is 269 g/mol. The zero-order chi connectivity index (χ0) is 14.2. The number of benzene rings is 1. The van der Waals surface area contributed by atoms with Crippen LogP contribution in [0.3, 0.4) is 0 Å². The van der Waals surface area contributed by atoms with E-state index >= 15 is 0 Å². The fourth-order valence-electron chi connectivity index (χ4n) is 1.44. The minimum absolute atomic E-state index is 0.00844. The average Bonchev–Trinajstić information content (AvgIpc) is 2.61. The number of hydrogen-bond donors (Lipinski definition) is 2. The Bertz CT molecular complexity index is 635. The molecule has 0 atom stereocenters. The molecule has 4 N–H and O–H groups in total. The number of aryl methyl sites for hydroxylation is 2. The van der Waals surface area contributed by atoms with Gasteiger partial charge < -0.3 is 15.9 Å². The molecule has 0 radical (unpaired) electrons. The molecule has 0 saturated heterocycles. The first kappa shape index (κ1) is 13.4. The van der Waals surface area contributed by atoms with Crippen molar-refractivity contribution < 1.29 is 13.6 Å². The van der Waals surface area contributed by atoms with Gasteiger partial charge in [0, 0.05) is 5.69 Å². The molecule has 0 bridgehead atoms. The maximum absolute atomic E-state index is 13.8. The maximum atomic E-state index is 13.8. The fraction of sp³-hybridized carbons (Fsp3) is 0.167. The van der Waals surface area contributed by atoms with Crippen molar-refractivity contribution in [2.24, 2.45) is 5.73 Å². The summed E-state index contributed by atoms with van der Waals surface area (Å²) in [5, 5.41) is 0.300. The van der Waals surface area contributed by atoms with E-state index in [0.717, 1.165) is 23.5 Å². The van der Waals surface area contributed by atoms with E-state index in [1.54, 1.807) is 13.8 Å². The summed E-state index contributed by atoms with van der Waals surface area (Å²) in [6.45, 7) is 3.55. The van der Waals surface area contributed by atoms with Crippen LogP contribution < -0.4 is 11.5 Å². The number of primary amides is 1. The topological polar surface area (TPSA) is 95.1 Å². The second kappa shape index (κ2) is 4.93. The third-order valence-electron chi connectivity index (χ3n) is 2.58. The van der Waals surface area contributed by atoms with Gasteiger partial charge in [0.25, 0.3) is 11.1 Å². The van der Waals surface area contributed by atoms with E-state index in [2.05, 4.69) is 4.98 Å². The Balaban J connectivity index is 2.39. The second-order valence-electron chi connectivity index (χ2n) is 3.96. The number of amides is 1. The van der Waals surface area contributed by atoms with E-state index < -0.39 is 11.7 Å². The Labute approximate surface area is 113 Å². The number of aromatic nitrogens is 1. The Morgan fingerprint density at radius 1 is 1.42 bits per heavy atom. The van der Waals surface area contributed by atoms with Gasteiger partial charge in [0.2, 0.25) is 0 Å². The minimum Gasteiger partial charge on any atom is -0.436 e. The molecule has 5 nitrogen and oxygen atoms in total. The first-order chi connectivity index (χ1) is 8.88. The molecule has 0 saturated carbocycles. The molecule has 1 amide bonds. The number of nitrogens with two attached hydrogens (primary N) is 2. The van der Waals surface area contributed by atoms with Crippen LogP contribution in [0.25, 0.3) is 0 Å². The summed E-state index contributed by atoms with van der Waals surface area (Å²) in [5.74, 6) is -0.603. The number of oxazole rings is 1. The molecule has 0 spiro atoms. The van der Waals surface area contributed by atoms with Crippen molar-refractivity contribution in [3.05, 3.63) is 35.0 Å². The van der Waals surface area contributed by atoms with Crippen molar-refractivity contribution in [3.63, 3.8) is 0 Å². The zero-order valence-electron chi connectivity index (χ0n) is 10.4. The van der Waals surface area contributed by atoms with E-state index in [4.69, 9.17) is 15.9 Å². The van der Waals surface area contributed by atoms with Crippen molar-refractivity contribution >= 4 is 23.4 Å². The predicted molar refractivity (Wildman–Crippen MR) is 69.4 cm³/mol. The quantitative estimate of drug-likeness (QED) is 0.841. The van der Waals surface area contributed by atoms with Crippen molar-refractivity contribution in [3.8, 4) is 0 Å². The molecule has 0 aliphatic carbocycles. The van der Waals surface area contributed by atoms with Crippen LogP contribution in [0.1, 0.15) is 21.8 Å². The van der Waals surface area contributed by atoms with Gasteiger partial charge in [-0.05, 0) is 37.7 Å². The largest absolute Gasteiger partial charge is 0.436 e. The lowest BCUT2D eigenvalue weighted by atomic mass is 10.1. The number of halogens is 1. The van der Waals surface area contributed by atoms with Gasteiger partial charge in [-0.15, -0.1) is 0 Å². The number of nitrogens with zero attached hydrogens (tertiary/aromatic N) is 1. The Hall–Kier alpha value is -2.02. The highest BCUT2D eigenvalue weighted by Gasteiger charge is 2.15. The molecule has 1 aromatic carbocycles. The minimum atomic E-state index is -0.709. The van der Waals surface area contributed by atoms with E-state index in [-0.39, 0.29) is 16.1 Å². The molecule has 0 aliphatic heterocycles. The van der Waals surface area contributed by atoms with Crippen molar-refractivity contribution in [1.29, 1.82) is 0 Å². The monoisotopic (exact) mass is 281 g/mol. The lowest BCUT2D eigenvalue weighted by molar-refractivity contribution is 0.100. The normalized spacial score (nSPS) is 10.7. The fourth-order valence-corrected chi connectivity index (χ4v) is 2.31. The summed E-state index contributed by atoms with van der Waals surface area (Å²) < 4.78 is 19.1. The number of carbonyl (C=O) groups is 1. The molecule has 0 fully saturated rings. The van der Waals surface area contributed by atoms with E-state index in [1.165, 1.54) is 6.07 Å². The first-order valence-electron chi connectivity index (χ1n) is 5.39. The number of rotatable bonds is 3. The lowest BCUT2D eigenvalue weighted by Gasteiger charge is -2.05. The van der Waals surface area contributed by atoms with E-state index in [1.807, 2.05) is 0 Å². The van der Waals surface area contributed by atoms with Crippen LogP contribution in [0, 0.1) is 19.7 Å². The summed E-state index contributed by atoms with van der Waals surface area (Å²) in [6, 6.07) is 2.36. The third-order valence-corrected chi connectivity index (χ3v) is 3.46. The Morgan fingerprint density at radius 3 is 2.63 bits per heavy atom. The summed E-state index contributed by atoms with van der Waals surface area (Å²) >= 11 is 0.973. The van der Waals surface area contributed by atoms with E-state index in [9.17, 15) is 9.18 Å². The smallest absolute Gasteiger partial charge is 0.261 e. The van der Waals surface area contributed by atoms with Crippen LogP contribution in [0.4, 0.5) is 10.1 Å². The molecule has 2 rings (SSSR count). The average molecular weight is 281 g/mol. The molecule has 0 unspecified atom stereocenters. The molecule has 1 heterocycles. The van der Waals surface area contributed by atoms with E-state index in [0.29, 0.717) is 11.0 Å². The van der Waals surface area contributed by atoms with Gasteiger partial charge in [-0.25, -0.2) is 9.37 Å². The maximum Gasteiger partial charge on any atom is 0.261 e. The summed E-state index contributed by atoms with van der Waals surface area (Å²) in [4.78, 5) is 15.5. The molecule has 19 heavy (non-hydrogen) atoms.